The van der Waals surface area contributed by atoms with Crippen LogP contribution in [0.25, 0.3) is 10.9 Å². The lowest BCUT2D eigenvalue weighted by molar-refractivity contribution is -0.129. The van der Waals surface area contributed by atoms with Gasteiger partial charge in [-0.05, 0) is 42.5 Å². The Morgan fingerprint density at radius 1 is 1.40 bits per heavy atom. The van der Waals surface area contributed by atoms with Crippen molar-refractivity contribution in [2.24, 2.45) is 5.92 Å². The molecule has 1 aromatic heterocycles. The Labute approximate surface area is 178 Å². The van der Waals surface area contributed by atoms with Gasteiger partial charge in [0.2, 0.25) is 5.91 Å². The van der Waals surface area contributed by atoms with Crippen LogP contribution in [0.1, 0.15) is 28.8 Å². The molecule has 2 amide bonds. The predicted octanol–water partition coefficient (Wildman–Crippen LogP) is 2.07. The zero-order valence-electron chi connectivity index (χ0n) is 16.5. The molecule has 5 rings (SSSR count). The molecular formula is C22H22N4O3S. The third-order valence-corrected chi connectivity index (χ3v) is 7.57. The second-order valence-electron chi connectivity index (χ2n) is 8.16. The number of carbonyl (C=O) groups excluding carboxylic acids is 2. The lowest BCUT2D eigenvalue weighted by atomic mass is 9.87. The summed E-state index contributed by atoms with van der Waals surface area (Å²) >= 11 is 1.55. The quantitative estimate of drug-likeness (QED) is 0.811. The largest absolute Gasteiger partial charge is 0.381 e. The Kier molecular flexibility index (Phi) is 4.88. The molecule has 2 saturated heterocycles. The summed E-state index contributed by atoms with van der Waals surface area (Å²) in [7, 11) is 0. The van der Waals surface area contributed by atoms with Gasteiger partial charge in [-0.15, -0.1) is 11.8 Å². The average molecular weight is 423 g/mol. The van der Waals surface area contributed by atoms with E-state index in [1.54, 1.807) is 24.0 Å². The van der Waals surface area contributed by atoms with E-state index in [1.165, 1.54) is 10.5 Å². The Balaban J connectivity index is 1.36. The molecule has 2 aliphatic heterocycles. The maximum Gasteiger partial charge on any atom is 0.252 e. The standard InChI is InChI=1S/C22H22N4O3S/c23-9-16-12-30-13-26(16)20(27)10-25-21(28)17-3-5-24-19-2-1-14(7-18(17)19)22-4-6-29-11-15(22)8-22/h1-3,5,7,15-16H,4,6,8,10-13H2,(H,25,28)/t15?,16-,22?/m1/s1. The molecule has 2 aromatic rings. The molecule has 2 unspecified atom stereocenters. The Morgan fingerprint density at radius 2 is 2.30 bits per heavy atom. The molecule has 3 atom stereocenters. The molecule has 7 nitrogen and oxygen atoms in total. The number of hydrogen-bond donors (Lipinski definition) is 1. The molecule has 8 heteroatoms. The van der Waals surface area contributed by atoms with Crippen LogP contribution in [-0.2, 0) is 14.9 Å². The van der Waals surface area contributed by atoms with Gasteiger partial charge in [0.05, 0.1) is 36.2 Å². The Bertz CT molecular complexity index is 1070. The van der Waals surface area contributed by atoms with E-state index < -0.39 is 6.04 Å². The van der Waals surface area contributed by atoms with Gasteiger partial charge in [0.15, 0.2) is 0 Å². The number of hydrogen-bond acceptors (Lipinski definition) is 6. The van der Waals surface area contributed by atoms with Crippen molar-refractivity contribution in [2.75, 3.05) is 31.4 Å². The molecule has 3 aliphatic rings. The van der Waals surface area contributed by atoms with Gasteiger partial charge in [-0.1, -0.05) is 6.07 Å². The first-order valence-corrected chi connectivity index (χ1v) is 11.3. The number of carbonyl (C=O) groups is 2. The summed E-state index contributed by atoms with van der Waals surface area (Å²) in [5, 5.41) is 12.7. The number of ether oxygens (including phenoxy) is 1. The zero-order valence-corrected chi connectivity index (χ0v) is 17.3. The van der Waals surface area contributed by atoms with Crippen molar-refractivity contribution >= 4 is 34.5 Å². The van der Waals surface area contributed by atoms with Crippen LogP contribution >= 0.6 is 11.8 Å². The van der Waals surface area contributed by atoms with Crippen LogP contribution in [0.2, 0.25) is 0 Å². The number of nitriles is 1. The van der Waals surface area contributed by atoms with Gasteiger partial charge in [-0.3, -0.25) is 14.6 Å². The smallest absolute Gasteiger partial charge is 0.252 e. The molecule has 0 radical (unpaired) electrons. The van der Waals surface area contributed by atoms with E-state index in [2.05, 4.69) is 28.5 Å². The lowest BCUT2D eigenvalue weighted by Crippen LogP contribution is -2.42. The first kappa shape index (κ1) is 19.3. The van der Waals surface area contributed by atoms with Crippen molar-refractivity contribution in [3.8, 4) is 6.07 Å². The van der Waals surface area contributed by atoms with Crippen LogP contribution in [0.3, 0.4) is 0 Å². The first-order chi connectivity index (χ1) is 14.6. The molecule has 0 bridgehead atoms. The molecule has 30 heavy (non-hydrogen) atoms. The summed E-state index contributed by atoms with van der Waals surface area (Å²) in [4.78, 5) is 31.3. The first-order valence-electron chi connectivity index (χ1n) is 10.1. The maximum absolute atomic E-state index is 12.9. The minimum Gasteiger partial charge on any atom is -0.381 e. The van der Waals surface area contributed by atoms with Crippen molar-refractivity contribution in [2.45, 2.75) is 24.3 Å². The monoisotopic (exact) mass is 422 g/mol. The van der Waals surface area contributed by atoms with Gasteiger partial charge in [0, 0.05) is 29.4 Å². The number of nitrogens with one attached hydrogen (secondary N) is 1. The third kappa shape index (κ3) is 3.22. The summed E-state index contributed by atoms with van der Waals surface area (Å²) in [5.41, 5.74) is 2.69. The summed E-state index contributed by atoms with van der Waals surface area (Å²) in [5.74, 6) is 1.12. The van der Waals surface area contributed by atoms with Crippen molar-refractivity contribution in [3.63, 3.8) is 0 Å². The molecule has 3 fully saturated rings. The molecule has 1 N–H and O–H groups in total. The highest BCUT2D eigenvalue weighted by Gasteiger charge is 2.56. The van der Waals surface area contributed by atoms with E-state index in [0.717, 1.165) is 37.0 Å². The van der Waals surface area contributed by atoms with E-state index in [4.69, 9.17) is 10.00 Å². The van der Waals surface area contributed by atoms with Gasteiger partial charge >= 0.3 is 0 Å². The molecule has 0 spiro atoms. The van der Waals surface area contributed by atoms with Crippen molar-refractivity contribution in [3.05, 3.63) is 41.6 Å². The molecule has 1 saturated carbocycles. The number of amides is 2. The molecule has 1 aromatic carbocycles. The van der Waals surface area contributed by atoms with E-state index in [-0.39, 0.29) is 23.8 Å². The van der Waals surface area contributed by atoms with E-state index in [9.17, 15) is 9.59 Å². The van der Waals surface area contributed by atoms with Gasteiger partial charge in [-0.2, -0.15) is 5.26 Å². The predicted molar refractivity (Wildman–Crippen MR) is 113 cm³/mol. The van der Waals surface area contributed by atoms with E-state index in [1.807, 2.05) is 6.07 Å². The molecule has 1 aliphatic carbocycles. The second-order valence-corrected chi connectivity index (χ2v) is 9.16. The number of thioether (sulfide) groups is 1. The van der Waals surface area contributed by atoms with Crippen LogP contribution in [0.15, 0.2) is 30.5 Å². The highest BCUT2D eigenvalue weighted by Crippen LogP contribution is 2.59. The van der Waals surface area contributed by atoms with Crippen molar-refractivity contribution < 1.29 is 14.3 Å². The fraction of sp³-hybridized carbons (Fsp3) is 0.455. The summed E-state index contributed by atoms with van der Waals surface area (Å²) in [6.07, 6.45) is 3.75. The number of pyridine rings is 1. The van der Waals surface area contributed by atoms with Crippen LogP contribution in [0, 0.1) is 17.2 Å². The topological polar surface area (TPSA) is 95.3 Å². The third-order valence-electron chi connectivity index (χ3n) is 6.56. The fourth-order valence-electron chi connectivity index (χ4n) is 4.69. The van der Waals surface area contributed by atoms with Gasteiger partial charge in [0.25, 0.3) is 5.91 Å². The SMILES string of the molecule is N#C[C@@H]1CSCN1C(=O)CNC(=O)c1ccnc2ccc(C34CCOCC3C4)cc12. The average Bonchev–Trinajstić information content (AvgIpc) is 3.35. The maximum atomic E-state index is 12.9. The van der Waals surface area contributed by atoms with E-state index in [0.29, 0.717) is 23.1 Å². The number of rotatable bonds is 4. The van der Waals surface area contributed by atoms with E-state index >= 15 is 0 Å². The molecular weight excluding hydrogens is 400 g/mol. The highest BCUT2D eigenvalue weighted by atomic mass is 32.2. The Morgan fingerprint density at radius 3 is 3.13 bits per heavy atom. The van der Waals surface area contributed by atoms with Crippen LogP contribution in [0.4, 0.5) is 0 Å². The van der Waals surface area contributed by atoms with Crippen LogP contribution in [0.5, 0.6) is 0 Å². The van der Waals surface area contributed by atoms with Gasteiger partial charge in [0.1, 0.15) is 6.04 Å². The summed E-state index contributed by atoms with van der Waals surface area (Å²) in [6, 6.07) is 9.60. The number of aromatic nitrogens is 1. The minimum atomic E-state index is -0.422. The fourth-order valence-corrected chi connectivity index (χ4v) is 5.79. The van der Waals surface area contributed by atoms with Crippen molar-refractivity contribution in [1.29, 1.82) is 5.26 Å². The van der Waals surface area contributed by atoms with Crippen LogP contribution in [-0.4, -0.2) is 59.1 Å². The Hall–Kier alpha value is -2.63. The van der Waals surface area contributed by atoms with Gasteiger partial charge < -0.3 is 15.0 Å². The summed E-state index contributed by atoms with van der Waals surface area (Å²) < 4.78 is 5.60. The molecule has 3 heterocycles. The van der Waals surface area contributed by atoms with Crippen LogP contribution < -0.4 is 5.32 Å². The van der Waals surface area contributed by atoms with Crippen molar-refractivity contribution in [1.82, 2.24) is 15.2 Å². The zero-order chi connectivity index (χ0) is 20.7. The number of benzene rings is 1. The normalized spacial score (nSPS) is 27.4. The second kappa shape index (κ2) is 7.56. The van der Waals surface area contributed by atoms with Gasteiger partial charge in [-0.25, -0.2) is 0 Å². The number of nitrogens with zero attached hydrogens (tertiary/aromatic N) is 3. The number of fused-ring (bicyclic) bond motifs is 2. The highest BCUT2D eigenvalue weighted by molar-refractivity contribution is 7.99. The minimum absolute atomic E-state index is 0.121. The summed E-state index contributed by atoms with van der Waals surface area (Å²) in [6.45, 7) is 1.46. The molecule has 154 valence electrons. The lowest BCUT2D eigenvalue weighted by Gasteiger charge is -2.23.